The Morgan fingerprint density at radius 3 is 2.95 bits per heavy atom. The summed E-state index contributed by atoms with van der Waals surface area (Å²) in [5.74, 6) is 1.32. The molecule has 1 N–H and O–H groups in total. The molecule has 1 aliphatic carbocycles. The van der Waals surface area contributed by atoms with Crippen LogP contribution in [0.15, 0.2) is 0 Å². The number of ether oxygens (including phenoxy) is 1. The molecular weight excluding hydrogens is 282 g/mol. The number of nitrogens with zero attached hydrogens (tertiary/aromatic N) is 2. The molecule has 1 aliphatic heterocycles. The van der Waals surface area contributed by atoms with Crippen molar-refractivity contribution in [1.29, 1.82) is 0 Å². The third-order valence-electron chi connectivity index (χ3n) is 4.28. The summed E-state index contributed by atoms with van der Waals surface area (Å²) >= 11 is 1.92. The Labute approximate surface area is 131 Å². The number of morpholine rings is 1. The molecule has 0 bridgehead atoms. The summed E-state index contributed by atoms with van der Waals surface area (Å²) in [6.45, 7) is 10.4. The van der Waals surface area contributed by atoms with Crippen LogP contribution in [0.5, 0.6) is 0 Å². The van der Waals surface area contributed by atoms with Crippen molar-refractivity contribution in [2.45, 2.75) is 39.0 Å². The highest BCUT2D eigenvalue weighted by Gasteiger charge is 2.26. The van der Waals surface area contributed by atoms with Gasteiger partial charge >= 0.3 is 0 Å². The van der Waals surface area contributed by atoms with Gasteiger partial charge in [0, 0.05) is 30.4 Å². The molecule has 1 fully saturated rings. The van der Waals surface area contributed by atoms with Gasteiger partial charge in [-0.05, 0) is 31.7 Å². The van der Waals surface area contributed by atoms with Crippen LogP contribution < -0.4 is 10.2 Å². The number of anilines is 1. The fourth-order valence-electron chi connectivity index (χ4n) is 3.13. The fraction of sp³-hybridized carbons (Fsp3) is 0.812. The van der Waals surface area contributed by atoms with Gasteiger partial charge < -0.3 is 15.0 Å². The second kappa shape index (κ2) is 7.07. The summed E-state index contributed by atoms with van der Waals surface area (Å²) in [7, 11) is 0. The van der Waals surface area contributed by atoms with Crippen LogP contribution in [0.3, 0.4) is 0 Å². The molecule has 4 nitrogen and oxygen atoms in total. The van der Waals surface area contributed by atoms with Gasteiger partial charge in [-0.3, -0.25) is 0 Å². The highest BCUT2D eigenvalue weighted by atomic mass is 32.1. The Hall–Kier alpha value is -0.650. The van der Waals surface area contributed by atoms with Crippen LogP contribution >= 0.6 is 11.3 Å². The lowest BCUT2D eigenvalue weighted by Gasteiger charge is -2.26. The SMILES string of the molecule is CC(C)CNCC1CCCc2sc(N3CCOCC3)nc21. The first-order valence-electron chi connectivity index (χ1n) is 8.27. The fourth-order valence-corrected chi connectivity index (χ4v) is 4.37. The van der Waals surface area contributed by atoms with Crippen molar-refractivity contribution in [2.75, 3.05) is 44.3 Å². The van der Waals surface area contributed by atoms with Gasteiger partial charge in [-0.2, -0.15) is 0 Å². The maximum atomic E-state index is 5.45. The Morgan fingerprint density at radius 1 is 1.38 bits per heavy atom. The van der Waals surface area contributed by atoms with E-state index in [1.807, 2.05) is 11.3 Å². The van der Waals surface area contributed by atoms with E-state index in [0.717, 1.165) is 39.4 Å². The molecule has 0 spiro atoms. The van der Waals surface area contributed by atoms with E-state index in [1.165, 1.54) is 35.0 Å². The van der Waals surface area contributed by atoms with Crippen molar-refractivity contribution < 1.29 is 4.74 Å². The van der Waals surface area contributed by atoms with Crippen LogP contribution in [0.25, 0.3) is 0 Å². The van der Waals surface area contributed by atoms with Gasteiger partial charge in [0.05, 0.1) is 18.9 Å². The Morgan fingerprint density at radius 2 is 2.19 bits per heavy atom. The van der Waals surface area contributed by atoms with Gasteiger partial charge in [0.1, 0.15) is 0 Å². The number of thiazole rings is 1. The molecule has 3 rings (SSSR count). The van der Waals surface area contributed by atoms with E-state index in [4.69, 9.17) is 9.72 Å². The second-order valence-electron chi connectivity index (χ2n) is 6.55. The molecule has 0 aromatic carbocycles. The minimum atomic E-state index is 0.610. The van der Waals surface area contributed by atoms with Crippen molar-refractivity contribution in [2.24, 2.45) is 5.92 Å². The maximum Gasteiger partial charge on any atom is 0.185 e. The number of rotatable bonds is 5. The smallest absolute Gasteiger partial charge is 0.185 e. The molecule has 21 heavy (non-hydrogen) atoms. The van der Waals surface area contributed by atoms with Gasteiger partial charge in [-0.1, -0.05) is 13.8 Å². The number of aryl methyl sites for hydroxylation is 1. The summed E-state index contributed by atoms with van der Waals surface area (Å²) in [5, 5.41) is 4.84. The summed E-state index contributed by atoms with van der Waals surface area (Å²) in [5.41, 5.74) is 1.38. The van der Waals surface area contributed by atoms with Gasteiger partial charge in [0.15, 0.2) is 5.13 Å². The molecule has 5 heteroatoms. The van der Waals surface area contributed by atoms with Crippen LogP contribution in [-0.2, 0) is 11.2 Å². The third kappa shape index (κ3) is 3.76. The Balaban J connectivity index is 1.67. The first-order chi connectivity index (χ1) is 10.2. The van der Waals surface area contributed by atoms with E-state index in [1.54, 1.807) is 0 Å². The highest BCUT2D eigenvalue weighted by Crippen LogP contribution is 2.37. The van der Waals surface area contributed by atoms with Crippen molar-refractivity contribution in [3.05, 3.63) is 10.6 Å². The van der Waals surface area contributed by atoms with Crippen LogP contribution in [0.1, 0.15) is 43.2 Å². The van der Waals surface area contributed by atoms with E-state index in [-0.39, 0.29) is 0 Å². The minimum absolute atomic E-state index is 0.610. The Kier molecular flexibility index (Phi) is 5.14. The van der Waals surface area contributed by atoms with Crippen LogP contribution in [0.2, 0.25) is 0 Å². The zero-order valence-corrected chi connectivity index (χ0v) is 14.0. The Bertz CT molecular complexity index is 454. The monoisotopic (exact) mass is 309 g/mol. The molecule has 1 aromatic heterocycles. The molecular formula is C16H27N3OS. The van der Waals surface area contributed by atoms with Gasteiger partial charge in [0.2, 0.25) is 0 Å². The predicted molar refractivity (Wildman–Crippen MR) is 88.5 cm³/mol. The standard InChI is InChI=1S/C16H27N3OS/c1-12(2)10-17-11-13-4-3-5-14-15(13)18-16(21-14)19-6-8-20-9-7-19/h12-13,17H,3-11H2,1-2H3. The van der Waals surface area contributed by atoms with E-state index in [0.29, 0.717) is 11.8 Å². The molecule has 0 saturated carbocycles. The zero-order valence-electron chi connectivity index (χ0n) is 13.2. The topological polar surface area (TPSA) is 37.4 Å². The predicted octanol–water partition coefficient (Wildman–Crippen LogP) is 2.65. The van der Waals surface area contributed by atoms with Gasteiger partial charge in [0.25, 0.3) is 0 Å². The number of hydrogen-bond donors (Lipinski definition) is 1. The molecule has 1 saturated heterocycles. The van der Waals surface area contributed by atoms with E-state index in [9.17, 15) is 0 Å². The number of aromatic nitrogens is 1. The summed E-state index contributed by atoms with van der Waals surface area (Å²) < 4.78 is 5.45. The summed E-state index contributed by atoms with van der Waals surface area (Å²) in [6, 6.07) is 0. The quantitative estimate of drug-likeness (QED) is 0.907. The third-order valence-corrected chi connectivity index (χ3v) is 5.48. The van der Waals surface area contributed by atoms with Crippen LogP contribution in [-0.4, -0.2) is 44.4 Å². The average molecular weight is 309 g/mol. The normalized spacial score (nSPS) is 22.6. The highest BCUT2D eigenvalue weighted by molar-refractivity contribution is 7.15. The molecule has 1 atom stereocenters. The first-order valence-corrected chi connectivity index (χ1v) is 9.08. The van der Waals surface area contributed by atoms with Crippen LogP contribution in [0.4, 0.5) is 5.13 Å². The van der Waals surface area contributed by atoms with Crippen molar-refractivity contribution in [3.8, 4) is 0 Å². The molecule has 2 heterocycles. The summed E-state index contributed by atoms with van der Waals surface area (Å²) in [6.07, 6.45) is 3.81. The number of fused-ring (bicyclic) bond motifs is 1. The van der Waals surface area contributed by atoms with E-state index >= 15 is 0 Å². The summed E-state index contributed by atoms with van der Waals surface area (Å²) in [4.78, 5) is 8.92. The molecule has 2 aliphatic rings. The number of nitrogens with one attached hydrogen (secondary N) is 1. The maximum absolute atomic E-state index is 5.45. The first kappa shape index (κ1) is 15.3. The van der Waals surface area contributed by atoms with E-state index < -0.39 is 0 Å². The van der Waals surface area contributed by atoms with Crippen molar-refractivity contribution >= 4 is 16.5 Å². The molecule has 118 valence electrons. The largest absolute Gasteiger partial charge is 0.378 e. The second-order valence-corrected chi connectivity index (χ2v) is 7.61. The average Bonchev–Trinajstić information content (AvgIpc) is 2.93. The molecule has 1 aromatic rings. The lowest BCUT2D eigenvalue weighted by Crippen LogP contribution is -2.36. The molecule has 0 amide bonds. The molecule has 0 radical (unpaired) electrons. The van der Waals surface area contributed by atoms with Crippen LogP contribution in [0, 0.1) is 5.92 Å². The van der Waals surface area contributed by atoms with Crippen molar-refractivity contribution in [1.82, 2.24) is 10.3 Å². The minimum Gasteiger partial charge on any atom is -0.378 e. The van der Waals surface area contributed by atoms with Gasteiger partial charge in [-0.15, -0.1) is 11.3 Å². The van der Waals surface area contributed by atoms with Crippen molar-refractivity contribution in [3.63, 3.8) is 0 Å². The zero-order chi connectivity index (χ0) is 14.7. The lowest BCUT2D eigenvalue weighted by molar-refractivity contribution is 0.122. The lowest BCUT2D eigenvalue weighted by atomic mass is 9.91. The van der Waals surface area contributed by atoms with E-state index in [2.05, 4.69) is 24.1 Å². The molecule has 1 unspecified atom stereocenters. The van der Waals surface area contributed by atoms with Gasteiger partial charge in [-0.25, -0.2) is 4.98 Å². The number of hydrogen-bond acceptors (Lipinski definition) is 5.